The molecule has 0 amide bonds. The van der Waals surface area contributed by atoms with Crippen molar-refractivity contribution < 1.29 is 13.9 Å². The quantitative estimate of drug-likeness (QED) is 0.765. The van der Waals surface area contributed by atoms with Crippen molar-refractivity contribution in [1.82, 2.24) is 0 Å². The van der Waals surface area contributed by atoms with Crippen LogP contribution in [-0.4, -0.2) is 19.8 Å². The summed E-state index contributed by atoms with van der Waals surface area (Å²) in [5.41, 5.74) is 0.619. The third kappa shape index (κ3) is 2.42. The van der Waals surface area contributed by atoms with Crippen LogP contribution in [0, 0.1) is 5.41 Å². The van der Waals surface area contributed by atoms with Crippen molar-refractivity contribution in [3.8, 4) is 0 Å². The summed E-state index contributed by atoms with van der Waals surface area (Å²) in [6.07, 6.45) is -0.362. The molecule has 0 aromatic heterocycles. The number of benzene rings is 1. The minimum absolute atomic E-state index is 0.0408. The summed E-state index contributed by atoms with van der Waals surface area (Å²) in [6.45, 7) is 3.89. The van der Waals surface area contributed by atoms with Gasteiger partial charge in [-0.3, -0.25) is 0 Å². The van der Waals surface area contributed by atoms with Crippen molar-refractivity contribution in [3.63, 3.8) is 0 Å². The van der Waals surface area contributed by atoms with Gasteiger partial charge < -0.3 is 9.47 Å². The molecule has 3 heteroatoms. The lowest BCUT2D eigenvalue weighted by molar-refractivity contribution is -0.178. The Bertz CT molecular complexity index is 316. The zero-order chi connectivity index (χ0) is 11.4. The molecule has 0 aliphatic carbocycles. The molecule has 1 aliphatic heterocycles. The fourth-order valence-corrected chi connectivity index (χ4v) is 1.73. The molecule has 0 spiro atoms. The molecule has 2 rings (SSSR count). The highest BCUT2D eigenvalue weighted by Crippen LogP contribution is 2.33. The Morgan fingerprint density at radius 3 is 2.56 bits per heavy atom. The van der Waals surface area contributed by atoms with Crippen LogP contribution < -0.4 is 0 Å². The number of ether oxygens (including phenoxy) is 2. The van der Waals surface area contributed by atoms with E-state index in [1.165, 1.54) is 0 Å². The molecular weight excluding hydrogens is 207 g/mol. The van der Waals surface area contributed by atoms with Crippen molar-refractivity contribution in [2.45, 2.75) is 19.7 Å². The van der Waals surface area contributed by atoms with Crippen LogP contribution in [0.3, 0.4) is 0 Å². The Kier molecular flexibility index (Phi) is 3.56. The third-order valence-corrected chi connectivity index (χ3v) is 3.16. The van der Waals surface area contributed by atoms with Gasteiger partial charge in [-0.05, 0) is 6.42 Å². The maximum Gasteiger partial charge on any atom is 0.225 e. The number of hydrogen-bond acceptors (Lipinski definition) is 2. The van der Waals surface area contributed by atoms with Crippen LogP contribution in [0.25, 0.3) is 0 Å². The summed E-state index contributed by atoms with van der Waals surface area (Å²) >= 11 is 0. The molecule has 1 aromatic rings. The fourth-order valence-electron chi connectivity index (χ4n) is 1.73. The maximum atomic E-state index is 13.7. The van der Waals surface area contributed by atoms with Gasteiger partial charge in [0.25, 0.3) is 0 Å². The normalized spacial score (nSPS) is 20.1. The lowest BCUT2D eigenvalue weighted by Crippen LogP contribution is -2.45. The van der Waals surface area contributed by atoms with Crippen LogP contribution in [0.2, 0.25) is 0 Å². The third-order valence-electron chi connectivity index (χ3n) is 3.16. The first-order valence-electron chi connectivity index (χ1n) is 5.64. The Labute approximate surface area is 95.4 Å². The summed E-state index contributed by atoms with van der Waals surface area (Å²) in [6, 6.07) is 8.96. The first-order chi connectivity index (χ1) is 7.76. The zero-order valence-electron chi connectivity index (χ0n) is 9.49. The van der Waals surface area contributed by atoms with Gasteiger partial charge in [0.05, 0.1) is 19.8 Å². The highest BCUT2D eigenvalue weighted by atomic mass is 19.1. The van der Waals surface area contributed by atoms with E-state index in [0.717, 1.165) is 6.42 Å². The van der Waals surface area contributed by atoms with Crippen molar-refractivity contribution in [3.05, 3.63) is 35.9 Å². The number of hydrogen-bond donors (Lipinski definition) is 0. The molecule has 1 atom stereocenters. The fraction of sp³-hybridized carbons (Fsp3) is 0.538. The van der Waals surface area contributed by atoms with E-state index < -0.39 is 6.36 Å². The van der Waals surface area contributed by atoms with Crippen LogP contribution in [0.4, 0.5) is 4.39 Å². The molecule has 1 heterocycles. The Balaban J connectivity index is 1.86. The minimum Gasteiger partial charge on any atom is -0.380 e. The average molecular weight is 224 g/mol. The predicted molar refractivity (Wildman–Crippen MR) is 59.8 cm³/mol. The molecular formula is C13H17FO2. The second-order valence-corrected chi connectivity index (χ2v) is 4.38. The second-order valence-electron chi connectivity index (χ2n) is 4.38. The first-order valence-corrected chi connectivity index (χ1v) is 5.64. The monoisotopic (exact) mass is 224 g/mol. The van der Waals surface area contributed by atoms with Gasteiger partial charge in [0.1, 0.15) is 0 Å². The van der Waals surface area contributed by atoms with E-state index in [1.54, 1.807) is 12.1 Å². The molecule has 1 saturated heterocycles. The Hall–Kier alpha value is -0.930. The molecule has 1 fully saturated rings. The van der Waals surface area contributed by atoms with E-state index >= 15 is 0 Å². The summed E-state index contributed by atoms with van der Waals surface area (Å²) in [5, 5.41) is 0. The topological polar surface area (TPSA) is 18.5 Å². The van der Waals surface area contributed by atoms with E-state index in [-0.39, 0.29) is 5.41 Å². The van der Waals surface area contributed by atoms with Crippen molar-refractivity contribution in [1.29, 1.82) is 0 Å². The SMILES string of the molecule is CCC1(COC(F)c2ccccc2)COC1. The van der Waals surface area contributed by atoms with Gasteiger partial charge in [0.2, 0.25) is 6.36 Å². The highest BCUT2D eigenvalue weighted by molar-refractivity contribution is 5.15. The van der Waals surface area contributed by atoms with E-state index in [9.17, 15) is 4.39 Å². The molecule has 1 aliphatic rings. The van der Waals surface area contributed by atoms with Gasteiger partial charge >= 0.3 is 0 Å². The summed E-state index contributed by atoms with van der Waals surface area (Å²) in [5.74, 6) is 0. The standard InChI is InChI=1S/C13H17FO2/c1-2-13(8-15-9-13)10-16-12(14)11-6-4-3-5-7-11/h3-7,12H,2,8-10H2,1H3. The Morgan fingerprint density at radius 1 is 1.38 bits per heavy atom. The smallest absolute Gasteiger partial charge is 0.225 e. The average Bonchev–Trinajstić information content (AvgIpc) is 2.29. The minimum atomic E-state index is -1.33. The largest absolute Gasteiger partial charge is 0.380 e. The molecule has 88 valence electrons. The van der Waals surface area contributed by atoms with Crippen molar-refractivity contribution >= 4 is 0 Å². The van der Waals surface area contributed by atoms with Gasteiger partial charge in [-0.25, -0.2) is 4.39 Å². The number of alkyl halides is 1. The van der Waals surface area contributed by atoms with E-state index in [2.05, 4.69) is 6.92 Å². The number of rotatable bonds is 5. The molecule has 0 N–H and O–H groups in total. The maximum absolute atomic E-state index is 13.7. The van der Waals surface area contributed by atoms with Crippen LogP contribution in [-0.2, 0) is 9.47 Å². The lowest BCUT2D eigenvalue weighted by Gasteiger charge is -2.40. The van der Waals surface area contributed by atoms with Gasteiger partial charge in [-0.1, -0.05) is 37.3 Å². The lowest BCUT2D eigenvalue weighted by atomic mass is 9.84. The molecule has 1 unspecified atom stereocenters. The molecule has 0 bridgehead atoms. The summed E-state index contributed by atoms with van der Waals surface area (Å²) in [7, 11) is 0. The van der Waals surface area contributed by atoms with Crippen LogP contribution in [0.1, 0.15) is 25.3 Å². The van der Waals surface area contributed by atoms with Crippen molar-refractivity contribution in [2.24, 2.45) is 5.41 Å². The van der Waals surface area contributed by atoms with Gasteiger partial charge in [-0.15, -0.1) is 0 Å². The highest BCUT2D eigenvalue weighted by Gasteiger charge is 2.37. The molecule has 2 nitrogen and oxygen atoms in total. The molecule has 0 saturated carbocycles. The predicted octanol–water partition coefficient (Wildman–Crippen LogP) is 3.10. The first kappa shape index (κ1) is 11.6. The van der Waals surface area contributed by atoms with Crippen LogP contribution >= 0.6 is 0 Å². The van der Waals surface area contributed by atoms with Gasteiger partial charge in [0.15, 0.2) is 0 Å². The zero-order valence-corrected chi connectivity index (χ0v) is 9.49. The number of halogens is 1. The van der Waals surface area contributed by atoms with Gasteiger partial charge in [-0.2, -0.15) is 0 Å². The van der Waals surface area contributed by atoms with E-state index in [0.29, 0.717) is 25.4 Å². The Morgan fingerprint density at radius 2 is 2.06 bits per heavy atom. The van der Waals surface area contributed by atoms with E-state index in [4.69, 9.17) is 9.47 Å². The van der Waals surface area contributed by atoms with Gasteiger partial charge in [0, 0.05) is 11.0 Å². The molecule has 1 aromatic carbocycles. The summed E-state index contributed by atoms with van der Waals surface area (Å²) in [4.78, 5) is 0. The molecule has 16 heavy (non-hydrogen) atoms. The van der Waals surface area contributed by atoms with Crippen LogP contribution in [0.15, 0.2) is 30.3 Å². The van der Waals surface area contributed by atoms with E-state index in [1.807, 2.05) is 18.2 Å². The summed E-state index contributed by atoms with van der Waals surface area (Å²) < 4.78 is 24.1. The van der Waals surface area contributed by atoms with Crippen LogP contribution in [0.5, 0.6) is 0 Å². The molecule has 0 radical (unpaired) electrons. The second kappa shape index (κ2) is 4.93. The van der Waals surface area contributed by atoms with Crippen molar-refractivity contribution in [2.75, 3.05) is 19.8 Å².